The van der Waals surface area contributed by atoms with Gasteiger partial charge < -0.3 is 20.1 Å². The van der Waals surface area contributed by atoms with Crippen LogP contribution in [0.15, 0.2) is 18.2 Å². The van der Waals surface area contributed by atoms with Crippen LogP contribution in [0.25, 0.3) is 0 Å². The molecule has 0 aromatic heterocycles. The third kappa shape index (κ3) is 3.37. The summed E-state index contributed by atoms with van der Waals surface area (Å²) in [6.45, 7) is 6.69. The number of aliphatic hydroxyl groups excluding tert-OH is 1. The molecular weight excluding hydrogens is 228 g/mol. The normalized spacial score (nSPS) is 13.9. The average molecular weight is 250 g/mol. The van der Waals surface area contributed by atoms with Crippen molar-refractivity contribution in [2.45, 2.75) is 13.3 Å². The van der Waals surface area contributed by atoms with Crippen molar-refractivity contribution in [1.82, 2.24) is 4.90 Å². The predicted molar refractivity (Wildman–Crippen MR) is 73.3 cm³/mol. The number of rotatable bonds is 6. The molecule has 1 heterocycles. The fraction of sp³-hybridized carbons (Fsp3) is 0.571. The summed E-state index contributed by atoms with van der Waals surface area (Å²) in [5.41, 5.74) is 2.41. The maximum atomic E-state index is 8.95. The van der Waals surface area contributed by atoms with E-state index < -0.39 is 0 Å². The zero-order valence-electron chi connectivity index (χ0n) is 11.0. The lowest BCUT2D eigenvalue weighted by Gasteiger charge is -2.21. The van der Waals surface area contributed by atoms with Crippen LogP contribution in [-0.2, 0) is 6.42 Å². The minimum Gasteiger partial charge on any atom is -0.490 e. The van der Waals surface area contributed by atoms with E-state index in [0.717, 1.165) is 50.6 Å². The number of likely N-dealkylation sites (N-methyl/N-ethyl adjacent to an activating group) is 1. The Morgan fingerprint density at radius 1 is 1.39 bits per heavy atom. The first-order chi connectivity index (χ1) is 8.83. The molecular formula is C14H22N2O2. The van der Waals surface area contributed by atoms with E-state index in [1.165, 1.54) is 5.56 Å². The lowest BCUT2D eigenvalue weighted by molar-refractivity contribution is 0.203. The fourth-order valence-corrected chi connectivity index (χ4v) is 2.20. The van der Waals surface area contributed by atoms with Gasteiger partial charge in [-0.2, -0.15) is 0 Å². The van der Waals surface area contributed by atoms with Gasteiger partial charge in [-0.15, -0.1) is 0 Å². The van der Waals surface area contributed by atoms with Crippen LogP contribution in [0, 0.1) is 0 Å². The van der Waals surface area contributed by atoms with E-state index in [1.807, 2.05) is 6.07 Å². The summed E-state index contributed by atoms with van der Waals surface area (Å²) in [7, 11) is 0. The molecule has 1 aromatic rings. The number of hydrogen-bond donors (Lipinski definition) is 2. The molecule has 1 aromatic carbocycles. The van der Waals surface area contributed by atoms with Gasteiger partial charge in [-0.3, -0.25) is 0 Å². The van der Waals surface area contributed by atoms with Crippen molar-refractivity contribution in [2.24, 2.45) is 0 Å². The third-order valence-corrected chi connectivity index (χ3v) is 3.30. The van der Waals surface area contributed by atoms with Gasteiger partial charge in [-0.25, -0.2) is 0 Å². The van der Waals surface area contributed by atoms with Crippen LogP contribution in [0.3, 0.4) is 0 Å². The molecule has 0 unspecified atom stereocenters. The number of ether oxygens (including phenoxy) is 1. The highest BCUT2D eigenvalue weighted by molar-refractivity contribution is 5.59. The number of nitrogens with zero attached hydrogens (tertiary/aromatic N) is 1. The maximum absolute atomic E-state index is 8.95. The molecule has 1 aliphatic heterocycles. The van der Waals surface area contributed by atoms with Crippen molar-refractivity contribution in [3.63, 3.8) is 0 Å². The molecule has 18 heavy (non-hydrogen) atoms. The third-order valence-electron chi connectivity index (χ3n) is 3.30. The second-order valence-electron chi connectivity index (χ2n) is 4.51. The number of nitrogens with one attached hydrogen (secondary N) is 1. The Balaban J connectivity index is 1.93. The first kappa shape index (κ1) is 13.2. The Hall–Kier alpha value is -1.26. The zero-order chi connectivity index (χ0) is 12.8. The van der Waals surface area contributed by atoms with Crippen molar-refractivity contribution < 1.29 is 9.84 Å². The van der Waals surface area contributed by atoms with Crippen molar-refractivity contribution in [3.05, 3.63) is 23.8 Å². The van der Waals surface area contributed by atoms with Crippen molar-refractivity contribution in [1.29, 1.82) is 0 Å². The molecule has 1 aliphatic rings. The highest BCUT2D eigenvalue weighted by Crippen LogP contribution is 2.28. The van der Waals surface area contributed by atoms with Crippen LogP contribution in [0.4, 0.5) is 5.69 Å². The molecule has 0 radical (unpaired) electrons. The number of anilines is 1. The Morgan fingerprint density at radius 2 is 2.28 bits per heavy atom. The van der Waals surface area contributed by atoms with Crippen LogP contribution >= 0.6 is 0 Å². The van der Waals surface area contributed by atoms with Gasteiger partial charge in [0.2, 0.25) is 0 Å². The van der Waals surface area contributed by atoms with E-state index in [0.29, 0.717) is 0 Å². The van der Waals surface area contributed by atoms with Gasteiger partial charge in [-0.1, -0.05) is 13.0 Å². The second-order valence-corrected chi connectivity index (χ2v) is 4.51. The van der Waals surface area contributed by atoms with Gasteiger partial charge in [0.15, 0.2) is 0 Å². The summed E-state index contributed by atoms with van der Waals surface area (Å²) >= 11 is 0. The van der Waals surface area contributed by atoms with Crippen molar-refractivity contribution >= 4 is 5.69 Å². The Kier molecular flexibility index (Phi) is 4.84. The van der Waals surface area contributed by atoms with Gasteiger partial charge in [0.05, 0.1) is 12.3 Å². The largest absolute Gasteiger partial charge is 0.490 e. The van der Waals surface area contributed by atoms with E-state index in [2.05, 4.69) is 29.3 Å². The quantitative estimate of drug-likeness (QED) is 0.800. The molecule has 0 bridgehead atoms. The Bertz CT molecular complexity index is 382. The van der Waals surface area contributed by atoms with E-state index in [4.69, 9.17) is 9.84 Å². The van der Waals surface area contributed by atoms with Gasteiger partial charge in [-0.05, 0) is 30.7 Å². The summed E-state index contributed by atoms with van der Waals surface area (Å²) in [6.07, 6.45) is 1.00. The van der Waals surface area contributed by atoms with Crippen LogP contribution < -0.4 is 10.1 Å². The molecule has 4 heteroatoms. The van der Waals surface area contributed by atoms with E-state index in [-0.39, 0.29) is 6.61 Å². The standard InChI is InChI=1S/C14H22N2O2/c1-2-16(8-9-17)7-5-12-3-4-14-13(11-12)15-6-10-18-14/h3-4,11,15,17H,2,5-10H2,1H3. The molecule has 2 rings (SSSR count). The first-order valence-electron chi connectivity index (χ1n) is 6.66. The fourth-order valence-electron chi connectivity index (χ4n) is 2.20. The van der Waals surface area contributed by atoms with Gasteiger partial charge in [0.1, 0.15) is 12.4 Å². The topological polar surface area (TPSA) is 44.7 Å². The molecule has 0 aliphatic carbocycles. The van der Waals surface area contributed by atoms with Crippen molar-refractivity contribution in [3.8, 4) is 5.75 Å². The summed E-state index contributed by atoms with van der Waals surface area (Å²) in [6, 6.07) is 6.33. The summed E-state index contributed by atoms with van der Waals surface area (Å²) in [5.74, 6) is 0.952. The van der Waals surface area contributed by atoms with E-state index >= 15 is 0 Å². The van der Waals surface area contributed by atoms with Gasteiger partial charge in [0, 0.05) is 19.6 Å². The Labute approximate surface area is 109 Å². The van der Waals surface area contributed by atoms with Crippen molar-refractivity contribution in [2.75, 3.05) is 44.7 Å². The molecule has 0 fully saturated rings. The van der Waals surface area contributed by atoms with Gasteiger partial charge in [0.25, 0.3) is 0 Å². The molecule has 100 valence electrons. The smallest absolute Gasteiger partial charge is 0.142 e. The zero-order valence-corrected chi connectivity index (χ0v) is 11.0. The SMILES string of the molecule is CCN(CCO)CCc1ccc2c(c1)NCCO2. The summed E-state index contributed by atoms with van der Waals surface area (Å²) in [4.78, 5) is 2.25. The van der Waals surface area contributed by atoms with Crippen LogP contribution in [-0.4, -0.2) is 49.4 Å². The molecule has 2 N–H and O–H groups in total. The monoisotopic (exact) mass is 250 g/mol. The van der Waals surface area contributed by atoms with Gasteiger partial charge >= 0.3 is 0 Å². The van der Waals surface area contributed by atoms with E-state index in [9.17, 15) is 0 Å². The highest BCUT2D eigenvalue weighted by Gasteiger charge is 2.10. The summed E-state index contributed by atoms with van der Waals surface area (Å²) in [5, 5.41) is 12.3. The number of benzene rings is 1. The molecule has 0 amide bonds. The molecule has 0 atom stereocenters. The van der Waals surface area contributed by atoms with Crippen LogP contribution in [0.1, 0.15) is 12.5 Å². The minimum absolute atomic E-state index is 0.230. The maximum Gasteiger partial charge on any atom is 0.142 e. The number of fused-ring (bicyclic) bond motifs is 1. The van der Waals surface area contributed by atoms with Crippen LogP contribution in [0.5, 0.6) is 5.75 Å². The average Bonchev–Trinajstić information content (AvgIpc) is 2.43. The second kappa shape index (κ2) is 6.61. The molecule has 4 nitrogen and oxygen atoms in total. The Morgan fingerprint density at radius 3 is 3.06 bits per heavy atom. The number of aliphatic hydroxyl groups is 1. The lowest BCUT2D eigenvalue weighted by atomic mass is 10.1. The highest BCUT2D eigenvalue weighted by atomic mass is 16.5. The molecule has 0 saturated carbocycles. The van der Waals surface area contributed by atoms with E-state index in [1.54, 1.807) is 0 Å². The first-order valence-corrected chi connectivity index (χ1v) is 6.66. The lowest BCUT2D eigenvalue weighted by Crippen LogP contribution is -2.28. The predicted octanol–water partition coefficient (Wildman–Crippen LogP) is 1.35. The summed E-state index contributed by atoms with van der Waals surface area (Å²) < 4.78 is 5.56. The number of hydrogen-bond acceptors (Lipinski definition) is 4. The van der Waals surface area contributed by atoms with Crippen LogP contribution in [0.2, 0.25) is 0 Å². The minimum atomic E-state index is 0.230. The molecule has 0 spiro atoms. The molecule has 0 saturated heterocycles.